The molecule has 2 aromatic carbocycles. The topological polar surface area (TPSA) is 130 Å². The SMILES string of the molecule is O=Nc1ccc(-c2cc(=O)c3c(O)cc(O)cc3o2)cc1N=O. The van der Waals surface area contributed by atoms with E-state index in [1.54, 1.807) is 0 Å². The lowest BCUT2D eigenvalue weighted by Crippen LogP contribution is -2.00. The van der Waals surface area contributed by atoms with Crippen molar-refractivity contribution in [2.24, 2.45) is 10.4 Å². The van der Waals surface area contributed by atoms with Crippen molar-refractivity contribution in [2.75, 3.05) is 0 Å². The van der Waals surface area contributed by atoms with Crippen molar-refractivity contribution >= 4 is 22.3 Å². The fourth-order valence-electron chi connectivity index (χ4n) is 2.22. The maximum absolute atomic E-state index is 12.1. The molecule has 0 atom stereocenters. The highest BCUT2D eigenvalue weighted by Gasteiger charge is 2.14. The number of hydrogen-bond donors (Lipinski definition) is 2. The lowest BCUT2D eigenvalue weighted by Gasteiger charge is -2.06. The van der Waals surface area contributed by atoms with Crippen molar-refractivity contribution in [3.05, 3.63) is 56.4 Å². The largest absolute Gasteiger partial charge is 0.508 e. The minimum Gasteiger partial charge on any atom is -0.508 e. The van der Waals surface area contributed by atoms with Crippen LogP contribution in [0.2, 0.25) is 0 Å². The summed E-state index contributed by atoms with van der Waals surface area (Å²) >= 11 is 0. The molecular formula is C15H8N2O6. The average molecular weight is 312 g/mol. The second-order valence-electron chi connectivity index (χ2n) is 4.70. The second-order valence-corrected chi connectivity index (χ2v) is 4.70. The van der Waals surface area contributed by atoms with E-state index in [1.807, 2.05) is 0 Å². The number of phenolic OH excluding ortho intramolecular Hbond substituents is 2. The highest BCUT2D eigenvalue weighted by atomic mass is 16.3. The summed E-state index contributed by atoms with van der Waals surface area (Å²) in [4.78, 5) is 33.4. The molecule has 0 saturated heterocycles. The minimum absolute atomic E-state index is 0.0248. The summed E-state index contributed by atoms with van der Waals surface area (Å²) in [5, 5.41) is 24.5. The van der Waals surface area contributed by atoms with Gasteiger partial charge in [0.2, 0.25) is 0 Å². The van der Waals surface area contributed by atoms with Crippen molar-refractivity contribution in [3.8, 4) is 22.8 Å². The Morgan fingerprint density at radius 1 is 0.913 bits per heavy atom. The fourth-order valence-corrected chi connectivity index (χ4v) is 2.22. The van der Waals surface area contributed by atoms with Gasteiger partial charge < -0.3 is 14.6 Å². The molecule has 0 amide bonds. The van der Waals surface area contributed by atoms with E-state index in [4.69, 9.17) is 4.42 Å². The highest BCUT2D eigenvalue weighted by Crippen LogP contribution is 2.34. The second kappa shape index (κ2) is 5.34. The standard InChI is InChI=1S/C15H8N2O6/c18-8-4-11(19)15-12(20)6-13(23-14(15)5-8)7-1-2-9(16-21)10(3-7)17-22/h1-6,18-19H. The molecule has 1 heterocycles. The minimum atomic E-state index is -0.531. The third-order valence-electron chi connectivity index (χ3n) is 3.25. The number of rotatable bonds is 3. The molecule has 0 unspecified atom stereocenters. The molecule has 2 N–H and O–H groups in total. The predicted octanol–water partition coefficient (Wildman–Crippen LogP) is 3.67. The molecule has 23 heavy (non-hydrogen) atoms. The van der Waals surface area contributed by atoms with Gasteiger partial charge >= 0.3 is 0 Å². The van der Waals surface area contributed by atoms with Gasteiger partial charge in [-0.25, -0.2) is 0 Å². The van der Waals surface area contributed by atoms with E-state index >= 15 is 0 Å². The summed E-state index contributed by atoms with van der Waals surface area (Å²) < 4.78 is 5.49. The number of nitrogens with zero attached hydrogens (tertiary/aromatic N) is 2. The van der Waals surface area contributed by atoms with Gasteiger partial charge in [0.15, 0.2) is 5.43 Å². The zero-order valence-corrected chi connectivity index (χ0v) is 11.4. The van der Waals surface area contributed by atoms with Gasteiger partial charge in [-0.3, -0.25) is 4.79 Å². The average Bonchev–Trinajstić information content (AvgIpc) is 2.52. The number of phenols is 2. The maximum atomic E-state index is 12.1. The summed E-state index contributed by atoms with van der Waals surface area (Å²) in [5.74, 6) is -0.600. The van der Waals surface area contributed by atoms with Gasteiger partial charge in [0.25, 0.3) is 0 Å². The van der Waals surface area contributed by atoms with Crippen molar-refractivity contribution in [1.29, 1.82) is 0 Å². The molecule has 8 nitrogen and oxygen atoms in total. The Morgan fingerprint density at radius 3 is 2.35 bits per heavy atom. The van der Waals surface area contributed by atoms with Crippen molar-refractivity contribution in [2.45, 2.75) is 0 Å². The zero-order chi connectivity index (χ0) is 16.6. The summed E-state index contributed by atoms with van der Waals surface area (Å²) in [7, 11) is 0. The molecule has 0 aliphatic heterocycles. The van der Waals surface area contributed by atoms with Crippen LogP contribution < -0.4 is 5.43 Å². The number of nitroso groups, excluding NO2 is 2. The third kappa shape index (κ3) is 2.42. The highest BCUT2D eigenvalue weighted by molar-refractivity contribution is 5.86. The van der Waals surface area contributed by atoms with Crippen LogP contribution in [0.3, 0.4) is 0 Å². The molecule has 0 aliphatic carbocycles. The Balaban J connectivity index is 2.27. The van der Waals surface area contributed by atoms with Gasteiger partial charge in [-0.1, -0.05) is 0 Å². The van der Waals surface area contributed by atoms with Crippen LogP contribution in [-0.2, 0) is 0 Å². The number of aromatic hydroxyl groups is 2. The number of benzene rings is 2. The molecule has 3 aromatic rings. The number of fused-ring (bicyclic) bond motifs is 1. The van der Waals surface area contributed by atoms with Crippen LogP contribution in [0.5, 0.6) is 11.5 Å². The van der Waals surface area contributed by atoms with Gasteiger partial charge in [0.05, 0.1) is 0 Å². The van der Waals surface area contributed by atoms with Gasteiger partial charge in [-0.15, -0.1) is 9.81 Å². The van der Waals surface area contributed by atoms with Crippen LogP contribution in [0.15, 0.2) is 56.0 Å². The van der Waals surface area contributed by atoms with Crippen LogP contribution >= 0.6 is 0 Å². The molecule has 0 radical (unpaired) electrons. The Bertz CT molecular complexity index is 1010. The van der Waals surface area contributed by atoms with Crippen molar-refractivity contribution < 1.29 is 14.6 Å². The molecule has 0 fully saturated rings. The number of hydrogen-bond acceptors (Lipinski definition) is 8. The lowest BCUT2D eigenvalue weighted by molar-refractivity contribution is 0.452. The molecule has 3 rings (SSSR count). The Morgan fingerprint density at radius 2 is 1.65 bits per heavy atom. The van der Waals surface area contributed by atoms with Crippen LogP contribution in [-0.4, -0.2) is 10.2 Å². The van der Waals surface area contributed by atoms with E-state index < -0.39 is 11.2 Å². The molecule has 114 valence electrons. The quantitative estimate of drug-likeness (QED) is 0.710. The molecule has 8 heteroatoms. The first-order valence-corrected chi connectivity index (χ1v) is 6.34. The third-order valence-corrected chi connectivity index (χ3v) is 3.25. The first-order valence-electron chi connectivity index (χ1n) is 6.34. The van der Waals surface area contributed by atoms with E-state index in [9.17, 15) is 24.8 Å². The van der Waals surface area contributed by atoms with Gasteiger partial charge in [-0.05, 0) is 28.6 Å². The van der Waals surface area contributed by atoms with E-state index in [1.165, 1.54) is 24.3 Å². The van der Waals surface area contributed by atoms with Crippen LogP contribution in [0.25, 0.3) is 22.3 Å². The molecule has 0 saturated carbocycles. The Kier molecular flexibility index (Phi) is 3.34. The van der Waals surface area contributed by atoms with Gasteiger partial charge in [-0.2, -0.15) is 0 Å². The zero-order valence-electron chi connectivity index (χ0n) is 11.4. The monoisotopic (exact) mass is 312 g/mol. The molecule has 0 spiro atoms. The van der Waals surface area contributed by atoms with Gasteiger partial charge in [0, 0.05) is 23.8 Å². The first-order chi connectivity index (χ1) is 11.0. The van der Waals surface area contributed by atoms with Gasteiger partial charge in [0.1, 0.15) is 39.6 Å². The normalized spacial score (nSPS) is 10.6. The smallest absolute Gasteiger partial charge is 0.197 e. The predicted molar refractivity (Wildman–Crippen MR) is 82.2 cm³/mol. The fraction of sp³-hybridized carbons (Fsp3) is 0. The van der Waals surface area contributed by atoms with Crippen LogP contribution in [0.4, 0.5) is 11.4 Å². The summed E-state index contributed by atoms with van der Waals surface area (Å²) in [6, 6.07) is 7.27. The molecule has 0 bridgehead atoms. The molecular weight excluding hydrogens is 304 g/mol. The van der Waals surface area contributed by atoms with E-state index in [-0.39, 0.29) is 33.9 Å². The van der Waals surface area contributed by atoms with Crippen molar-refractivity contribution in [1.82, 2.24) is 0 Å². The lowest BCUT2D eigenvalue weighted by atomic mass is 10.1. The maximum Gasteiger partial charge on any atom is 0.197 e. The summed E-state index contributed by atoms with van der Waals surface area (Å²) in [6.07, 6.45) is 0. The van der Waals surface area contributed by atoms with Crippen LogP contribution in [0, 0.1) is 9.81 Å². The van der Waals surface area contributed by atoms with Crippen molar-refractivity contribution in [3.63, 3.8) is 0 Å². The molecule has 0 aliphatic rings. The van der Waals surface area contributed by atoms with Crippen LogP contribution in [0.1, 0.15) is 0 Å². The first kappa shape index (κ1) is 14.4. The molecule has 1 aromatic heterocycles. The van der Waals surface area contributed by atoms with E-state index in [0.717, 1.165) is 12.1 Å². The Hall–Kier alpha value is -3.55. The Labute approximate surface area is 127 Å². The summed E-state index contributed by atoms with van der Waals surface area (Å²) in [6.45, 7) is 0. The van der Waals surface area contributed by atoms with E-state index in [0.29, 0.717) is 5.56 Å². The summed E-state index contributed by atoms with van der Waals surface area (Å²) in [5.41, 5.74) is -0.574. The van der Waals surface area contributed by atoms with E-state index in [2.05, 4.69) is 10.4 Å².